The van der Waals surface area contributed by atoms with E-state index in [9.17, 15) is 9.90 Å². The van der Waals surface area contributed by atoms with Crippen LogP contribution >= 0.6 is 0 Å². The van der Waals surface area contributed by atoms with E-state index < -0.39 is 16.6 Å². The van der Waals surface area contributed by atoms with Crippen LogP contribution in [0, 0.1) is 28.1 Å². The number of carbonyl (C=O) groups excluding carboxylic acids is 1. The van der Waals surface area contributed by atoms with Gasteiger partial charge in [0, 0.05) is 35.0 Å². The first-order valence-electron chi connectivity index (χ1n) is 10.0. The lowest BCUT2D eigenvalue weighted by molar-refractivity contribution is -0.235. The molecule has 0 aromatic carbocycles. The van der Waals surface area contributed by atoms with Gasteiger partial charge in [-0.15, -0.1) is 6.58 Å². The molecule has 1 heterocycles. The monoisotopic (exact) mass is 360 g/mol. The van der Waals surface area contributed by atoms with Gasteiger partial charge in [0.2, 0.25) is 0 Å². The van der Waals surface area contributed by atoms with Gasteiger partial charge < -0.3 is 14.6 Å². The summed E-state index contributed by atoms with van der Waals surface area (Å²) in [6.45, 7) is 11.6. The summed E-state index contributed by atoms with van der Waals surface area (Å²) in [7, 11) is 0. The van der Waals surface area contributed by atoms with Crippen LogP contribution in [0.4, 0.5) is 0 Å². The number of rotatable bonds is 2. The van der Waals surface area contributed by atoms with Crippen LogP contribution in [0.1, 0.15) is 52.9 Å². The van der Waals surface area contributed by atoms with Crippen LogP contribution in [-0.4, -0.2) is 36.5 Å². The Labute approximate surface area is 156 Å². The first kappa shape index (κ1) is 18.4. The molecule has 3 fully saturated rings. The molecule has 4 aliphatic rings. The van der Waals surface area contributed by atoms with E-state index in [1.165, 1.54) is 0 Å². The molecule has 0 aromatic heterocycles. The predicted molar refractivity (Wildman–Crippen MR) is 99.4 cm³/mol. The zero-order chi connectivity index (χ0) is 18.8. The molecule has 144 valence electrons. The summed E-state index contributed by atoms with van der Waals surface area (Å²) in [5, 5.41) is 10.4. The maximum atomic E-state index is 13.7. The van der Waals surface area contributed by atoms with Gasteiger partial charge in [-0.05, 0) is 30.8 Å². The molecule has 0 radical (unpaired) electrons. The Morgan fingerprint density at radius 3 is 2.58 bits per heavy atom. The lowest BCUT2D eigenvalue weighted by atomic mass is 9.46. The molecule has 0 amide bonds. The summed E-state index contributed by atoms with van der Waals surface area (Å²) in [5.74, 6) is -0.151. The third-order valence-corrected chi connectivity index (χ3v) is 8.26. The molecule has 4 nitrogen and oxygen atoms in total. The lowest BCUT2D eigenvalue weighted by Crippen LogP contribution is -2.60. The van der Waals surface area contributed by atoms with Crippen LogP contribution in [0.3, 0.4) is 0 Å². The predicted octanol–water partition coefficient (Wildman–Crippen LogP) is 3.65. The molecule has 0 aromatic rings. The van der Waals surface area contributed by atoms with Crippen molar-refractivity contribution in [2.45, 2.75) is 58.7 Å². The molecule has 2 unspecified atom stereocenters. The molecular formula is C22H32O4. The second-order valence-electron chi connectivity index (χ2n) is 9.46. The Morgan fingerprint density at radius 1 is 1.27 bits per heavy atom. The normalized spacial score (nSPS) is 47.2. The van der Waals surface area contributed by atoms with Gasteiger partial charge in [0.15, 0.2) is 5.79 Å². The summed E-state index contributed by atoms with van der Waals surface area (Å²) < 4.78 is 12.5. The maximum Gasteiger partial charge on any atom is 0.173 e. The largest absolute Gasteiger partial charge is 0.392 e. The minimum Gasteiger partial charge on any atom is -0.392 e. The smallest absolute Gasteiger partial charge is 0.173 e. The first-order chi connectivity index (χ1) is 12.3. The number of carbonyl (C=O) groups is 1. The highest BCUT2D eigenvalue weighted by atomic mass is 16.7. The van der Waals surface area contributed by atoms with Crippen molar-refractivity contribution in [2.75, 3.05) is 19.8 Å². The molecule has 3 aliphatic carbocycles. The number of aliphatic hydroxyl groups is 1. The molecule has 2 saturated carbocycles. The van der Waals surface area contributed by atoms with E-state index in [2.05, 4.69) is 33.4 Å². The standard InChI is InChI=1S/C22H32O4/c1-5-19(3)12-16(14-23)21-7-6-15(2)20(4,17(24)13-19)18(21)22(9-8-21)25-10-11-26-22/h5,12,15,18,23H,1,6-11,13-14H2,2-4H3/t15?,18?,19-,20-,21-/m0/s1. The van der Waals surface area contributed by atoms with E-state index in [0.717, 1.165) is 31.3 Å². The lowest BCUT2D eigenvalue weighted by Gasteiger charge is -2.58. The molecule has 1 N–H and O–H groups in total. The van der Waals surface area contributed by atoms with E-state index in [-0.39, 0.29) is 29.6 Å². The van der Waals surface area contributed by atoms with Gasteiger partial charge in [0.25, 0.3) is 0 Å². The highest BCUT2D eigenvalue weighted by Gasteiger charge is 2.71. The first-order valence-corrected chi connectivity index (χ1v) is 10.0. The summed E-state index contributed by atoms with van der Waals surface area (Å²) in [5.41, 5.74) is -0.0939. The Morgan fingerprint density at radius 2 is 1.96 bits per heavy atom. The second-order valence-corrected chi connectivity index (χ2v) is 9.46. The fourth-order valence-corrected chi connectivity index (χ4v) is 6.65. The van der Waals surface area contributed by atoms with E-state index in [4.69, 9.17) is 9.47 Å². The summed E-state index contributed by atoms with van der Waals surface area (Å²) in [4.78, 5) is 13.7. The summed E-state index contributed by atoms with van der Waals surface area (Å²) >= 11 is 0. The zero-order valence-corrected chi connectivity index (χ0v) is 16.3. The van der Waals surface area contributed by atoms with Gasteiger partial charge in [-0.1, -0.05) is 32.9 Å². The molecule has 2 bridgehead atoms. The van der Waals surface area contributed by atoms with Crippen molar-refractivity contribution in [3.63, 3.8) is 0 Å². The van der Waals surface area contributed by atoms with E-state index >= 15 is 0 Å². The Balaban J connectivity index is 1.98. The SMILES string of the molecule is C=C[C@@]1(C)C=C(CO)[C@@]23CCC(C)[C@@](C)(C(=O)C1)C2C1(CC3)OCCO1. The van der Waals surface area contributed by atoms with Crippen LogP contribution in [0.15, 0.2) is 24.3 Å². The van der Waals surface area contributed by atoms with Gasteiger partial charge in [-0.2, -0.15) is 0 Å². The van der Waals surface area contributed by atoms with Gasteiger partial charge in [-0.25, -0.2) is 0 Å². The third-order valence-electron chi connectivity index (χ3n) is 8.26. The fourth-order valence-electron chi connectivity index (χ4n) is 6.65. The molecule has 1 saturated heterocycles. The number of ether oxygens (including phenoxy) is 2. The Bertz CT molecular complexity index is 661. The third kappa shape index (κ3) is 2.15. The minimum absolute atomic E-state index is 0.0225. The number of allylic oxidation sites excluding steroid dienone is 2. The molecule has 4 rings (SSSR count). The topological polar surface area (TPSA) is 55.8 Å². The zero-order valence-electron chi connectivity index (χ0n) is 16.3. The van der Waals surface area contributed by atoms with E-state index in [0.29, 0.717) is 19.6 Å². The van der Waals surface area contributed by atoms with E-state index in [1.54, 1.807) is 0 Å². The van der Waals surface area contributed by atoms with Gasteiger partial charge in [0.05, 0.1) is 19.8 Å². The highest BCUT2D eigenvalue weighted by molar-refractivity contribution is 5.87. The van der Waals surface area contributed by atoms with Gasteiger partial charge >= 0.3 is 0 Å². The van der Waals surface area contributed by atoms with Crippen LogP contribution < -0.4 is 0 Å². The molecule has 5 atom stereocenters. The van der Waals surface area contributed by atoms with Crippen LogP contribution in [0.25, 0.3) is 0 Å². The Hall–Kier alpha value is -0.970. The number of ketones is 1. The molecule has 26 heavy (non-hydrogen) atoms. The average Bonchev–Trinajstić information content (AvgIpc) is 3.22. The van der Waals surface area contributed by atoms with Gasteiger partial charge in [0.1, 0.15) is 5.78 Å². The number of aliphatic hydroxyl groups excluding tert-OH is 1. The minimum atomic E-state index is -0.671. The fraction of sp³-hybridized carbons (Fsp3) is 0.773. The molecule has 1 spiro atoms. The quantitative estimate of drug-likeness (QED) is 0.764. The van der Waals surface area contributed by atoms with Crippen molar-refractivity contribution in [1.29, 1.82) is 0 Å². The average molecular weight is 360 g/mol. The molecular weight excluding hydrogens is 328 g/mol. The maximum absolute atomic E-state index is 13.7. The van der Waals surface area contributed by atoms with Gasteiger partial charge in [-0.3, -0.25) is 4.79 Å². The Kier molecular flexibility index (Phi) is 4.08. The van der Waals surface area contributed by atoms with Crippen molar-refractivity contribution in [3.8, 4) is 0 Å². The van der Waals surface area contributed by atoms with E-state index in [1.807, 2.05) is 6.08 Å². The summed E-state index contributed by atoms with van der Waals surface area (Å²) in [6.07, 6.45) is 8.11. The van der Waals surface area contributed by atoms with Crippen molar-refractivity contribution in [3.05, 3.63) is 24.3 Å². The van der Waals surface area contributed by atoms with Crippen LogP contribution in [-0.2, 0) is 14.3 Å². The van der Waals surface area contributed by atoms with Crippen molar-refractivity contribution >= 4 is 5.78 Å². The number of hydrogen-bond donors (Lipinski definition) is 1. The van der Waals surface area contributed by atoms with Crippen molar-refractivity contribution in [1.82, 2.24) is 0 Å². The van der Waals surface area contributed by atoms with Crippen molar-refractivity contribution in [2.24, 2.45) is 28.1 Å². The number of Topliss-reactive ketones (excluding diaryl/α,β-unsaturated/α-hetero) is 1. The van der Waals surface area contributed by atoms with Crippen molar-refractivity contribution < 1.29 is 19.4 Å². The van der Waals surface area contributed by atoms with Crippen LogP contribution in [0.5, 0.6) is 0 Å². The second kappa shape index (κ2) is 5.76. The van der Waals surface area contributed by atoms with Crippen LogP contribution in [0.2, 0.25) is 0 Å². The molecule has 1 aliphatic heterocycles. The number of hydrogen-bond acceptors (Lipinski definition) is 4. The molecule has 4 heteroatoms. The summed E-state index contributed by atoms with van der Waals surface area (Å²) in [6, 6.07) is 0. The highest BCUT2D eigenvalue weighted by Crippen LogP contribution is 2.70.